The van der Waals surface area contributed by atoms with Gasteiger partial charge in [0.25, 0.3) is 0 Å². The van der Waals surface area contributed by atoms with Crippen molar-refractivity contribution in [2.45, 2.75) is 27.1 Å². The van der Waals surface area contributed by atoms with Crippen molar-refractivity contribution in [3.63, 3.8) is 0 Å². The van der Waals surface area contributed by atoms with Crippen molar-refractivity contribution in [3.8, 4) is 11.5 Å². The summed E-state index contributed by atoms with van der Waals surface area (Å²) in [6.07, 6.45) is 0. The minimum absolute atomic E-state index is 0.0757. The van der Waals surface area contributed by atoms with E-state index >= 15 is 0 Å². The number of esters is 2. The molecule has 0 unspecified atom stereocenters. The normalized spacial score (nSPS) is 9.80. The van der Waals surface area contributed by atoms with Gasteiger partial charge >= 0.3 is 11.9 Å². The van der Waals surface area contributed by atoms with Crippen LogP contribution in [0.15, 0.2) is 12.1 Å². The second-order valence-corrected chi connectivity index (χ2v) is 4.04. The predicted molar refractivity (Wildman–Crippen MR) is 70.5 cm³/mol. The molecule has 1 aromatic carbocycles. The topological polar surface area (TPSA) is 71.1 Å². The van der Waals surface area contributed by atoms with Crippen LogP contribution in [0.3, 0.4) is 0 Å². The molecule has 20 heavy (non-hydrogen) atoms. The fourth-order valence-corrected chi connectivity index (χ4v) is 1.59. The molecule has 1 rings (SSSR count). The third-order valence-corrected chi connectivity index (χ3v) is 2.57. The lowest BCUT2D eigenvalue weighted by atomic mass is 10.1. The number of carbonyl (C=O) groups is 2. The Labute approximate surface area is 117 Å². The van der Waals surface area contributed by atoms with Gasteiger partial charge in [-0.25, -0.2) is 0 Å². The molecule has 0 aliphatic carbocycles. The van der Waals surface area contributed by atoms with E-state index in [2.05, 4.69) is 0 Å². The summed E-state index contributed by atoms with van der Waals surface area (Å²) in [6, 6.07) is 3.39. The summed E-state index contributed by atoms with van der Waals surface area (Å²) in [5.41, 5.74) is 1.39. The molecule has 0 aliphatic rings. The second-order valence-electron chi connectivity index (χ2n) is 4.04. The number of hydrogen-bond acceptors (Lipinski definition) is 6. The number of hydrogen-bond donors (Lipinski definition) is 0. The first-order valence-electron chi connectivity index (χ1n) is 5.98. The number of rotatable bonds is 6. The predicted octanol–water partition coefficient (Wildman–Crippen LogP) is 1.83. The quantitative estimate of drug-likeness (QED) is 0.741. The van der Waals surface area contributed by atoms with Crippen molar-refractivity contribution in [1.29, 1.82) is 0 Å². The highest BCUT2D eigenvalue weighted by molar-refractivity contribution is 5.66. The molecule has 110 valence electrons. The van der Waals surface area contributed by atoms with Gasteiger partial charge in [0.1, 0.15) is 13.2 Å². The Morgan fingerprint density at radius 1 is 0.850 bits per heavy atom. The first-order valence-corrected chi connectivity index (χ1v) is 5.98. The molecule has 0 aliphatic heterocycles. The molecule has 1 aromatic rings. The Kier molecular flexibility index (Phi) is 5.83. The zero-order valence-corrected chi connectivity index (χ0v) is 12.0. The molecule has 0 saturated carbocycles. The van der Waals surface area contributed by atoms with Crippen LogP contribution in [0.1, 0.15) is 25.0 Å². The van der Waals surface area contributed by atoms with Gasteiger partial charge in [-0.1, -0.05) is 0 Å². The minimum atomic E-state index is -0.391. The highest BCUT2D eigenvalue weighted by Gasteiger charge is 2.13. The number of carbonyl (C=O) groups excluding carboxylic acids is 2. The molecule has 0 spiro atoms. The zero-order valence-electron chi connectivity index (χ0n) is 12.0. The third kappa shape index (κ3) is 4.46. The van der Waals surface area contributed by atoms with Gasteiger partial charge in [0.15, 0.2) is 11.5 Å². The lowest BCUT2D eigenvalue weighted by Crippen LogP contribution is -2.06. The molecule has 0 fully saturated rings. The van der Waals surface area contributed by atoms with E-state index in [1.54, 1.807) is 12.1 Å². The maximum Gasteiger partial charge on any atom is 0.302 e. The van der Waals surface area contributed by atoms with E-state index in [-0.39, 0.29) is 13.2 Å². The van der Waals surface area contributed by atoms with Crippen LogP contribution in [0.5, 0.6) is 11.5 Å². The van der Waals surface area contributed by atoms with E-state index < -0.39 is 11.9 Å². The maximum atomic E-state index is 10.9. The van der Waals surface area contributed by atoms with E-state index in [1.807, 2.05) is 0 Å². The molecular weight excluding hydrogens is 264 g/mol. The summed E-state index contributed by atoms with van der Waals surface area (Å²) in [4.78, 5) is 21.8. The molecule has 0 N–H and O–H groups in total. The van der Waals surface area contributed by atoms with Crippen LogP contribution >= 0.6 is 0 Å². The summed E-state index contributed by atoms with van der Waals surface area (Å²) in [6.45, 7) is 2.80. The average Bonchev–Trinajstić information content (AvgIpc) is 2.42. The van der Waals surface area contributed by atoms with Gasteiger partial charge in [-0.15, -0.1) is 0 Å². The van der Waals surface area contributed by atoms with Crippen LogP contribution in [0.4, 0.5) is 0 Å². The van der Waals surface area contributed by atoms with Crippen molar-refractivity contribution >= 4 is 11.9 Å². The van der Waals surface area contributed by atoms with Gasteiger partial charge in [0, 0.05) is 13.8 Å². The minimum Gasteiger partial charge on any atom is -0.493 e. The Balaban J connectivity index is 3.07. The monoisotopic (exact) mass is 282 g/mol. The highest BCUT2D eigenvalue weighted by Crippen LogP contribution is 2.31. The molecule has 0 heterocycles. The van der Waals surface area contributed by atoms with Crippen molar-refractivity contribution in [3.05, 3.63) is 23.3 Å². The molecule has 0 bridgehead atoms. The first-order chi connectivity index (χ1) is 9.47. The molecule has 0 aromatic heterocycles. The number of methoxy groups -OCH3 is 2. The van der Waals surface area contributed by atoms with Crippen LogP contribution in [-0.2, 0) is 32.3 Å². The van der Waals surface area contributed by atoms with Gasteiger partial charge in [-0.05, 0) is 23.3 Å². The number of benzene rings is 1. The van der Waals surface area contributed by atoms with E-state index in [0.717, 1.165) is 0 Å². The maximum absolute atomic E-state index is 10.9. The van der Waals surface area contributed by atoms with Gasteiger partial charge < -0.3 is 18.9 Å². The average molecular weight is 282 g/mol. The van der Waals surface area contributed by atoms with Crippen molar-refractivity contribution in [2.24, 2.45) is 0 Å². The Morgan fingerprint density at radius 2 is 1.20 bits per heavy atom. The summed E-state index contributed by atoms with van der Waals surface area (Å²) >= 11 is 0. The van der Waals surface area contributed by atoms with Crippen LogP contribution in [-0.4, -0.2) is 26.2 Å². The summed E-state index contributed by atoms with van der Waals surface area (Å²) in [5, 5.41) is 0. The summed E-state index contributed by atoms with van der Waals surface area (Å²) < 4.78 is 20.3. The van der Waals surface area contributed by atoms with Gasteiger partial charge in [0.05, 0.1) is 14.2 Å². The van der Waals surface area contributed by atoms with Crippen molar-refractivity contribution in [2.75, 3.05) is 14.2 Å². The molecule has 0 radical (unpaired) electrons. The number of ether oxygens (including phenoxy) is 4. The van der Waals surface area contributed by atoms with E-state index in [1.165, 1.54) is 28.1 Å². The lowest BCUT2D eigenvalue weighted by molar-refractivity contribution is -0.143. The van der Waals surface area contributed by atoms with Gasteiger partial charge in [-0.2, -0.15) is 0 Å². The molecule has 6 heteroatoms. The van der Waals surface area contributed by atoms with Gasteiger partial charge in [0.2, 0.25) is 0 Å². The largest absolute Gasteiger partial charge is 0.493 e. The van der Waals surface area contributed by atoms with E-state index in [4.69, 9.17) is 18.9 Å². The van der Waals surface area contributed by atoms with Crippen LogP contribution in [0, 0.1) is 0 Å². The van der Waals surface area contributed by atoms with Crippen LogP contribution < -0.4 is 9.47 Å². The van der Waals surface area contributed by atoms with E-state index in [0.29, 0.717) is 22.6 Å². The molecule has 0 amide bonds. The smallest absolute Gasteiger partial charge is 0.302 e. The third-order valence-electron chi connectivity index (χ3n) is 2.57. The highest BCUT2D eigenvalue weighted by atomic mass is 16.5. The van der Waals surface area contributed by atoms with Crippen molar-refractivity contribution in [1.82, 2.24) is 0 Å². The van der Waals surface area contributed by atoms with Gasteiger partial charge in [-0.3, -0.25) is 9.59 Å². The molecular formula is C14H18O6. The summed E-state index contributed by atoms with van der Waals surface area (Å²) in [7, 11) is 3.03. The standard InChI is InChI=1S/C14H18O6/c1-9(15)19-7-11-5-13(17-3)14(18-4)6-12(11)8-20-10(2)16/h5-6H,7-8H2,1-4H3. The second kappa shape index (κ2) is 7.37. The Hall–Kier alpha value is -2.24. The summed E-state index contributed by atoms with van der Waals surface area (Å²) in [5.74, 6) is 0.249. The van der Waals surface area contributed by atoms with E-state index in [9.17, 15) is 9.59 Å². The zero-order chi connectivity index (χ0) is 15.1. The molecule has 0 saturated heterocycles. The fourth-order valence-electron chi connectivity index (χ4n) is 1.59. The van der Waals surface area contributed by atoms with Crippen LogP contribution in [0.2, 0.25) is 0 Å². The van der Waals surface area contributed by atoms with Crippen LogP contribution in [0.25, 0.3) is 0 Å². The first kappa shape index (κ1) is 15.8. The molecule has 0 atom stereocenters. The Bertz CT molecular complexity index is 450. The molecule has 6 nitrogen and oxygen atoms in total. The SMILES string of the molecule is COc1cc(COC(C)=O)c(COC(C)=O)cc1OC. The fraction of sp³-hybridized carbons (Fsp3) is 0.429. The van der Waals surface area contributed by atoms with Crippen molar-refractivity contribution < 1.29 is 28.5 Å². The lowest BCUT2D eigenvalue weighted by Gasteiger charge is -2.14. The Morgan fingerprint density at radius 3 is 1.45 bits per heavy atom.